The fourth-order valence-corrected chi connectivity index (χ4v) is 2.65. The molecule has 0 N–H and O–H groups in total. The molecule has 0 radical (unpaired) electrons. The number of hydrogen-bond acceptors (Lipinski definition) is 3. The van der Waals surface area contributed by atoms with E-state index in [0.29, 0.717) is 11.1 Å². The number of aryl methyl sites for hydroxylation is 2. The number of ether oxygens (including phenoxy) is 1. The predicted molar refractivity (Wildman–Crippen MR) is 70.5 cm³/mol. The van der Waals surface area contributed by atoms with Gasteiger partial charge < -0.3 is 9.15 Å². The van der Waals surface area contributed by atoms with E-state index in [1.165, 1.54) is 5.56 Å². The zero-order chi connectivity index (χ0) is 13.0. The highest BCUT2D eigenvalue weighted by molar-refractivity contribution is 5.87. The molecule has 1 atom stereocenters. The van der Waals surface area contributed by atoms with Gasteiger partial charge in [0.1, 0.15) is 17.4 Å². The van der Waals surface area contributed by atoms with Gasteiger partial charge in [-0.15, -0.1) is 0 Å². The van der Waals surface area contributed by atoms with Crippen molar-refractivity contribution in [3.63, 3.8) is 0 Å². The van der Waals surface area contributed by atoms with E-state index in [1.807, 2.05) is 20.8 Å². The maximum Gasteiger partial charge on any atom is 0.339 e. The molecule has 0 saturated heterocycles. The molecule has 3 heteroatoms. The van der Waals surface area contributed by atoms with Crippen LogP contribution in [-0.2, 0) is 6.42 Å². The van der Waals surface area contributed by atoms with Crippen molar-refractivity contribution in [1.82, 2.24) is 0 Å². The lowest BCUT2D eigenvalue weighted by Gasteiger charge is -2.10. The Hall–Kier alpha value is -1.77. The van der Waals surface area contributed by atoms with E-state index >= 15 is 0 Å². The Morgan fingerprint density at radius 2 is 1.89 bits per heavy atom. The third-order valence-electron chi connectivity index (χ3n) is 3.83. The Morgan fingerprint density at radius 1 is 1.17 bits per heavy atom. The van der Waals surface area contributed by atoms with Gasteiger partial charge in [-0.1, -0.05) is 0 Å². The summed E-state index contributed by atoms with van der Waals surface area (Å²) in [5.74, 6) is 0.890. The molecule has 0 amide bonds. The predicted octanol–water partition coefficient (Wildman–Crippen LogP) is 3.04. The second kappa shape index (κ2) is 3.61. The minimum Gasteiger partial charge on any atom is -0.490 e. The highest BCUT2D eigenvalue weighted by atomic mass is 16.5. The lowest BCUT2D eigenvalue weighted by Crippen LogP contribution is -2.07. The van der Waals surface area contributed by atoms with Crippen molar-refractivity contribution in [2.75, 3.05) is 0 Å². The second-order valence-electron chi connectivity index (χ2n) is 5.14. The van der Waals surface area contributed by atoms with Gasteiger partial charge in [0.25, 0.3) is 0 Å². The molecule has 1 unspecified atom stereocenters. The third-order valence-corrected chi connectivity index (χ3v) is 3.83. The Kier molecular flexibility index (Phi) is 2.27. The summed E-state index contributed by atoms with van der Waals surface area (Å²) in [6.45, 7) is 7.79. The van der Waals surface area contributed by atoms with Crippen LogP contribution in [0.1, 0.15) is 29.2 Å². The van der Waals surface area contributed by atoms with Crippen LogP contribution in [0.2, 0.25) is 0 Å². The largest absolute Gasteiger partial charge is 0.490 e. The van der Waals surface area contributed by atoms with Crippen molar-refractivity contribution in [2.24, 2.45) is 0 Å². The van der Waals surface area contributed by atoms with E-state index < -0.39 is 0 Å². The molecule has 0 spiro atoms. The first-order valence-corrected chi connectivity index (χ1v) is 6.22. The minimum absolute atomic E-state index is 0.198. The van der Waals surface area contributed by atoms with Gasteiger partial charge in [-0.25, -0.2) is 4.79 Å². The molecule has 0 aliphatic carbocycles. The zero-order valence-electron chi connectivity index (χ0n) is 11.1. The molecule has 94 valence electrons. The van der Waals surface area contributed by atoms with E-state index in [4.69, 9.17) is 9.15 Å². The molecule has 0 fully saturated rings. The minimum atomic E-state index is -0.255. The molecule has 1 aliphatic heterocycles. The first-order valence-electron chi connectivity index (χ1n) is 6.22. The monoisotopic (exact) mass is 244 g/mol. The standard InChI is InChI=1S/C15H16O3/c1-7-5-11-6-12-8(2)9(3)15(16)18-14(12)10(4)13(11)17-7/h6-7H,5H2,1-4H3. The normalized spacial score (nSPS) is 17.9. The number of benzene rings is 1. The van der Waals surface area contributed by atoms with Crippen LogP contribution in [0.4, 0.5) is 0 Å². The molecule has 1 aliphatic rings. The summed E-state index contributed by atoms with van der Waals surface area (Å²) in [6.07, 6.45) is 1.12. The van der Waals surface area contributed by atoms with Gasteiger partial charge >= 0.3 is 5.63 Å². The van der Waals surface area contributed by atoms with E-state index in [2.05, 4.69) is 13.0 Å². The molecule has 18 heavy (non-hydrogen) atoms. The van der Waals surface area contributed by atoms with Crippen molar-refractivity contribution in [1.29, 1.82) is 0 Å². The average Bonchev–Trinajstić information content (AvgIpc) is 2.70. The van der Waals surface area contributed by atoms with Gasteiger partial charge in [-0.3, -0.25) is 0 Å². The van der Waals surface area contributed by atoms with Gasteiger partial charge in [-0.05, 0) is 44.9 Å². The smallest absolute Gasteiger partial charge is 0.339 e. The third kappa shape index (κ3) is 1.40. The highest BCUT2D eigenvalue weighted by Gasteiger charge is 2.24. The SMILES string of the molecule is Cc1c(C)c2cc3c(c(C)c2oc1=O)OC(C)C3. The summed E-state index contributed by atoms with van der Waals surface area (Å²) in [6, 6.07) is 2.10. The summed E-state index contributed by atoms with van der Waals surface area (Å²) in [7, 11) is 0. The first kappa shape index (κ1) is 11.3. The van der Waals surface area contributed by atoms with Crippen LogP contribution < -0.4 is 10.4 Å². The summed E-state index contributed by atoms with van der Waals surface area (Å²) in [5.41, 5.74) is 4.25. The summed E-state index contributed by atoms with van der Waals surface area (Å²) in [5, 5.41) is 1.03. The van der Waals surface area contributed by atoms with Crippen LogP contribution in [0, 0.1) is 20.8 Å². The molecule has 3 rings (SSSR count). The lowest BCUT2D eigenvalue weighted by molar-refractivity contribution is 0.253. The van der Waals surface area contributed by atoms with Gasteiger partial charge in [-0.2, -0.15) is 0 Å². The maximum absolute atomic E-state index is 11.8. The van der Waals surface area contributed by atoms with Crippen molar-refractivity contribution >= 4 is 11.0 Å². The van der Waals surface area contributed by atoms with Crippen molar-refractivity contribution in [2.45, 2.75) is 40.2 Å². The molecule has 0 bridgehead atoms. The number of rotatable bonds is 0. The lowest BCUT2D eigenvalue weighted by atomic mass is 9.99. The van der Waals surface area contributed by atoms with E-state index in [0.717, 1.165) is 28.7 Å². The van der Waals surface area contributed by atoms with Crippen molar-refractivity contribution in [3.8, 4) is 5.75 Å². The van der Waals surface area contributed by atoms with Crippen LogP contribution in [0.3, 0.4) is 0 Å². The Labute approximate surface area is 105 Å². The molecule has 0 saturated carbocycles. The molecule has 1 aromatic heterocycles. The molecule has 1 aromatic carbocycles. The summed E-state index contributed by atoms with van der Waals surface area (Å²) in [4.78, 5) is 11.8. The topological polar surface area (TPSA) is 39.4 Å². The molecule has 2 heterocycles. The van der Waals surface area contributed by atoms with E-state index in [9.17, 15) is 4.79 Å². The highest BCUT2D eigenvalue weighted by Crippen LogP contribution is 2.38. The van der Waals surface area contributed by atoms with Crippen molar-refractivity contribution in [3.05, 3.63) is 38.7 Å². The number of hydrogen-bond donors (Lipinski definition) is 0. The quantitative estimate of drug-likeness (QED) is 0.669. The van der Waals surface area contributed by atoms with Crippen LogP contribution in [-0.4, -0.2) is 6.10 Å². The van der Waals surface area contributed by atoms with Gasteiger partial charge in [0.2, 0.25) is 0 Å². The zero-order valence-corrected chi connectivity index (χ0v) is 11.1. The summed E-state index contributed by atoms with van der Waals surface area (Å²) < 4.78 is 11.2. The maximum atomic E-state index is 11.8. The van der Waals surface area contributed by atoms with Crippen LogP contribution in [0.25, 0.3) is 11.0 Å². The van der Waals surface area contributed by atoms with Crippen LogP contribution in [0.15, 0.2) is 15.3 Å². The van der Waals surface area contributed by atoms with Crippen LogP contribution >= 0.6 is 0 Å². The first-order chi connectivity index (χ1) is 8.49. The Morgan fingerprint density at radius 3 is 2.61 bits per heavy atom. The fraction of sp³-hybridized carbons (Fsp3) is 0.400. The summed E-state index contributed by atoms with van der Waals surface area (Å²) >= 11 is 0. The number of fused-ring (bicyclic) bond motifs is 2. The van der Waals surface area contributed by atoms with Gasteiger partial charge in [0, 0.05) is 22.9 Å². The fourth-order valence-electron chi connectivity index (χ4n) is 2.65. The second-order valence-corrected chi connectivity index (χ2v) is 5.14. The average molecular weight is 244 g/mol. The molecular weight excluding hydrogens is 228 g/mol. The molecule has 2 aromatic rings. The van der Waals surface area contributed by atoms with Crippen LogP contribution in [0.5, 0.6) is 5.75 Å². The Bertz CT molecular complexity index is 710. The van der Waals surface area contributed by atoms with Crippen molar-refractivity contribution < 1.29 is 9.15 Å². The Balaban J connectivity index is 2.45. The molecule has 3 nitrogen and oxygen atoms in total. The van der Waals surface area contributed by atoms with E-state index in [1.54, 1.807) is 0 Å². The van der Waals surface area contributed by atoms with Gasteiger partial charge in [0.15, 0.2) is 0 Å². The van der Waals surface area contributed by atoms with Gasteiger partial charge in [0.05, 0.1) is 0 Å². The molecular formula is C15H16O3. The van der Waals surface area contributed by atoms with E-state index in [-0.39, 0.29) is 11.7 Å².